The number of nitrogens with zero attached hydrogens (tertiary/aromatic N) is 1. The molecule has 0 aromatic carbocycles. The van der Waals surface area contributed by atoms with Gasteiger partial charge in [-0.25, -0.2) is 4.98 Å². The van der Waals surface area contributed by atoms with E-state index in [-0.39, 0.29) is 0 Å². The molecule has 1 aliphatic heterocycles. The van der Waals surface area contributed by atoms with E-state index in [9.17, 15) is 0 Å². The average Bonchev–Trinajstić information content (AvgIpc) is 3.01. The quantitative estimate of drug-likeness (QED) is 0.922. The van der Waals surface area contributed by atoms with Gasteiger partial charge in [0.2, 0.25) is 0 Å². The summed E-state index contributed by atoms with van der Waals surface area (Å²) in [6.07, 6.45) is 3.63. The molecule has 4 heteroatoms. The molecule has 1 fully saturated rings. The van der Waals surface area contributed by atoms with Crippen molar-refractivity contribution >= 4 is 11.3 Å². The Morgan fingerprint density at radius 2 is 2.39 bits per heavy atom. The molecule has 3 nitrogen and oxygen atoms in total. The van der Waals surface area contributed by atoms with E-state index in [0.29, 0.717) is 6.04 Å². The number of hydrogen-bond acceptors (Lipinski definition) is 4. The van der Waals surface area contributed by atoms with Gasteiger partial charge in [-0.15, -0.1) is 11.3 Å². The maximum Gasteiger partial charge on any atom is 0.110 e. The van der Waals surface area contributed by atoms with Crippen LogP contribution >= 0.6 is 11.3 Å². The minimum Gasteiger partial charge on any atom is -0.466 e. The van der Waals surface area contributed by atoms with Gasteiger partial charge in [-0.05, 0) is 39.3 Å². The van der Waals surface area contributed by atoms with E-state index in [1.807, 2.05) is 13.8 Å². The molecule has 0 bridgehead atoms. The highest BCUT2D eigenvalue weighted by Gasteiger charge is 2.17. The van der Waals surface area contributed by atoms with Crippen LogP contribution in [0.2, 0.25) is 0 Å². The molecule has 1 aliphatic rings. The normalized spacial score (nSPS) is 19.6. The minimum atomic E-state index is 0.621. The summed E-state index contributed by atoms with van der Waals surface area (Å²) in [6.45, 7) is 5.13. The molecule has 1 saturated heterocycles. The van der Waals surface area contributed by atoms with Gasteiger partial charge in [0.25, 0.3) is 0 Å². The molecule has 2 aromatic rings. The molecule has 2 aromatic heterocycles. The lowest BCUT2D eigenvalue weighted by atomic mass is 10.1. The minimum absolute atomic E-state index is 0.621. The molecular formula is C14H18N2OS. The van der Waals surface area contributed by atoms with Crippen molar-refractivity contribution in [3.63, 3.8) is 0 Å². The topological polar surface area (TPSA) is 38.1 Å². The first-order chi connectivity index (χ1) is 8.72. The van der Waals surface area contributed by atoms with E-state index < -0.39 is 0 Å². The van der Waals surface area contributed by atoms with Crippen LogP contribution in [0.25, 0.3) is 11.3 Å². The van der Waals surface area contributed by atoms with Crippen molar-refractivity contribution in [1.29, 1.82) is 0 Å². The summed E-state index contributed by atoms with van der Waals surface area (Å²) in [5, 5.41) is 6.88. The van der Waals surface area contributed by atoms with Crippen molar-refractivity contribution in [1.82, 2.24) is 10.3 Å². The fourth-order valence-corrected chi connectivity index (χ4v) is 3.43. The van der Waals surface area contributed by atoms with Crippen molar-refractivity contribution in [2.45, 2.75) is 39.2 Å². The van der Waals surface area contributed by atoms with Gasteiger partial charge in [0.15, 0.2) is 0 Å². The second kappa shape index (κ2) is 4.86. The second-order valence-corrected chi connectivity index (χ2v) is 5.89. The predicted octanol–water partition coefficient (Wildman–Crippen LogP) is 3.31. The molecule has 0 spiro atoms. The van der Waals surface area contributed by atoms with E-state index in [1.54, 1.807) is 11.3 Å². The Balaban J connectivity index is 1.78. The summed E-state index contributed by atoms with van der Waals surface area (Å²) in [5.41, 5.74) is 2.19. The van der Waals surface area contributed by atoms with Crippen LogP contribution in [0.1, 0.15) is 29.4 Å². The Labute approximate surface area is 111 Å². The van der Waals surface area contributed by atoms with Gasteiger partial charge < -0.3 is 9.73 Å². The summed E-state index contributed by atoms with van der Waals surface area (Å²) >= 11 is 1.76. The smallest absolute Gasteiger partial charge is 0.110 e. The van der Waals surface area contributed by atoms with Crippen LogP contribution in [0.5, 0.6) is 0 Å². The Morgan fingerprint density at radius 1 is 1.50 bits per heavy atom. The van der Waals surface area contributed by atoms with Crippen LogP contribution in [0.4, 0.5) is 0 Å². The number of aryl methyl sites for hydroxylation is 2. The van der Waals surface area contributed by atoms with Crippen LogP contribution in [0.15, 0.2) is 15.9 Å². The van der Waals surface area contributed by atoms with Gasteiger partial charge in [0.05, 0.1) is 10.7 Å². The van der Waals surface area contributed by atoms with E-state index in [0.717, 1.165) is 35.7 Å². The maximum absolute atomic E-state index is 5.56. The fourth-order valence-electron chi connectivity index (χ4n) is 2.56. The zero-order valence-electron chi connectivity index (χ0n) is 10.8. The first kappa shape index (κ1) is 11.9. The number of aromatic nitrogens is 1. The van der Waals surface area contributed by atoms with Crippen molar-refractivity contribution in [2.75, 3.05) is 6.54 Å². The largest absolute Gasteiger partial charge is 0.466 e. The third kappa shape index (κ3) is 2.35. The molecule has 1 N–H and O–H groups in total. The predicted molar refractivity (Wildman–Crippen MR) is 74.0 cm³/mol. The van der Waals surface area contributed by atoms with Crippen molar-refractivity contribution in [3.8, 4) is 11.3 Å². The van der Waals surface area contributed by atoms with Gasteiger partial charge in [-0.1, -0.05) is 0 Å². The lowest BCUT2D eigenvalue weighted by molar-refractivity contribution is 0.505. The summed E-state index contributed by atoms with van der Waals surface area (Å²) in [6, 6.07) is 2.69. The Hall–Kier alpha value is -1.13. The molecule has 0 amide bonds. The third-order valence-electron chi connectivity index (χ3n) is 3.45. The molecule has 0 aliphatic carbocycles. The Morgan fingerprint density at radius 3 is 3.06 bits per heavy atom. The van der Waals surface area contributed by atoms with E-state index in [1.165, 1.54) is 17.8 Å². The molecule has 3 heterocycles. The number of furan rings is 1. The number of hydrogen-bond donors (Lipinski definition) is 1. The number of nitrogens with one attached hydrogen (secondary N) is 1. The van der Waals surface area contributed by atoms with Gasteiger partial charge in [-0.3, -0.25) is 0 Å². The Bertz CT molecular complexity index is 538. The molecule has 0 radical (unpaired) electrons. The standard InChI is InChI=1S/C14H18N2OS/c1-9-6-12(10(2)17-9)13-8-18-14(16-13)7-11-4-3-5-15-11/h6,8,11,15H,3-5,7H2,1-2H3. The zero-order valence-corrected chi connectivity index (χ0v) is 11.6. The lowest BCUT2D eigenvalue weighted by Gasteiger charge is -2.06. The summed E-state index contributed by atoms with van der Waals surface area (Å²) in [5.74, 6) is 1.91. The van der Waals surface area contributed by atoms with Crippen molar-refractivity contribution in [3.05, 3.63) is 28.0 Å². The molecule has 1 atom stereocenters. The van der Waals surface area contributed by atoms with Gasteiger partial charge in [0.1, 0.15) is 11.5 Å². The highest BCUT2D eigenvalue weighted by molar-refractivity contribution is 7.09. The van der Waals surface area contributed by atoms with E-state index in [4.69, 9.17) is 9.40 Å². The molecular weight excluding hydrogens is 244 g/mol. The molecule has 18 heavy (non-hydrogen) atoms. The Kier molecular flexibility index (Phi) is 3.22. The molecule has 0 saturated carbocycles. The fraction of sp³-hybridized carbons (Fsp3) is 0.500. The zero-order chi connectivity index (χ0) is 12.5. The molecule has 3 rings (SSSR count). The summed E-state index contributed by atoms with van der Waals surface area (Å²) < 4.78 is 5.56. The molecule has 1 unspecified atom stereocenters. The SMILES string of the molecule is Cc1cc(-c2csc(CC3CCCN3)n2)c(C)o1. The van der Waals surface area contributed by atoms with Crippen molar-refractivity contribution in [2.24, 2.45) is 0 Å². The summed E-state index contributed by atoms with van der Waals surface area (Å²) in [7, 11) is 0. The average molecular weight is 262 g/mol. The maximum atomic E-state index is 5.56. The highest BCUT2D eigenvalue weighted by Crippen LogP contribution is 2.28. The summed E-state index contributed by atoms with van der Waals surface area (Å²) in [4.78, 5) is 4.74. The third-order valence-corrected chi connectivity index (χ3v) is 4.32. The first-order valence-corrected chi connectivity index (χ1v) is 7.35. The highest BCUT2D eigenvalue weighted by atomic mass is 32.1. The van der Waals surface area contributed by atoms with Gasteiger partial charge in [-0.2, -0.15) is 0 Å². The van der Waals surface area contributed by atoms with Crippen LogP contribution in [-0.4, -0.2) is 17.6 Å². The van der Waals surface area contributed by atoms with Crippen LogP contribution in [0, 0.1) is 13.8 Å². The number of thiazole rings is 1. The lowest BCUT2D eigenvalue weighted by Crippen LogP contribution is -2.23. The van der Waals surface area contributed by atoms with Crippen LogP contribution in [0.3, 0.4) is 0 Å². The van der Waals surface area contributed by atoms with Crippen molar-refractivity contribution < 1.29 is 4.42 Å². The van der Waals surface area contributed by atoms with Gasteiger partial charge in [0, 0.05) is 23.4 Å². The second-order valence-electron chi connectivity index (χ2n) is 4.95. The van der Waals surface area contributed by atoms with Crippen LogP contribution in [-0.2, 0) is 6.42 Å². The van der Waals surface area contributed by atoms with Gasteiger partial charge >= 0.3 is 0 Å². The van der Waals surface area contributed by atoms with E-state index in [2.05, 4.69) is 16.8 Å². The number of rotatable bonds is 3. The monoisotopic (exact) mass is 262 g/mol. The first-order valence-electron chi connectivity index (χ1n) is 6.47. The van der Waals surface area contributed by atoms with E-state index >= 15 is 0 Å². The van der Waals surface area contributed by atoms with Crippen LogP contribution < -0.4 is 5.32 Å². The molecule has 96 valence electrons.